The zero-order valence-electron chi connectivity index (χ0n) is 17.6. The summed E-state index contributed by atoms with van der Waals surface area (Å²) >= 11 is 0. The van der Waals surface area contributed by atoms with Crippen molar-refractivity contribution in [2.75, 3.05) is 5.32 Å². The van der Waals surface area contributed by atoms with Gasteiger partial charge in [-0.15, -0.1) is 0 Å². The first-order valence-corrected chi connectivity index (χ1v) is 10.5. The number of carbonyl (C=O) groups is 2. The lowest BCUT2D eigenvalue weighted by Gasteiger charge is -2.37. The monoisotopic (exact) mass is 442 g/mol. The molecule has 0 bridgehead atoms. The van der Waals surface area contributed by atoms with Gasteiger partial charge in [-0.3, -0.25) is 19.7 Å². The van der Waals surface area contributed by atoms with E-state index in [0.29, 0.717) is 0 Å². The molecule has 0 saturated carbocycles. The smallest absolute Gasteiger partial charge is 0.308 e. The van der Waals surface area contributed by atoms with Crippen LogP contribution in [0.4, 0.5) is 11.4 Å². The van der Waals surface area contributed by atoms with Gasteiger partial charge < -0.3 is 10.4 Å². The molecule has 1 amide bonds. The van der Waals surface area contributed by atoms with Crippen LogP contribution >= 0.6 is 0 Å². The fraction of sp³-hybridized carbons (Fsp3) is 0.154. The molecule has 33 heavy (non-hydrogen) atoms. The fourth-order valence-electron chi connectivity index (χ4n) is 4.50. The average Bonchev–Trinajstić information content (AvgIpc) is 2.84. The number of rotatable bonds is 6. The third-order valence-electron chi connectivity index (χ3n) is 6.00. The number of hydrogen-bond donors (Lipinski definition) is 2. The van der Waals surface area contributed by atoms with Crippen LogP contribution in [0.25, 0.3) is 0 Å². The quantitative estimate of drug-likeness (QED) is 0.318. The fourth-order valence-corrected chi connectivity index (χ4v) is 4.50. The highest BCUT2D eigenvalue weighted by Gasteiger charge is 2.46. The topological polar surface area (TPSA) is 110 Å². The van der Waals surface area contributed by atoms with E-state index < -0.39 is 40.5 Å². The molecule has 0 spiro atoms. The van der Waals surface area contributed by atoms with E-state index in [9.17, 15) is 24.8 Å². The molecule has 166 valence electrons. The number of allylic oxidation sites excluding steroid dienone is 2. The number of para-hydroxylation sites is 2. The predicted octanol–water partition coefficient (Wildman–Crippen LogP) is 4.99. The van der Waals surface area contributed by atoms with Crippen molar-refractivity contribution in [3.05, 3.63) is 118 Å². The highest BCUT2D eigenvalue weighted by atomic mass is 16.6. The van der Waals surface area contributed by atoms with Gasteiger partial charge in [0.25, 0.3) is 5.69 Å². The number of carboxylic acids is 1. The molecule has 1 aliphatic carbocycles. The van der Waals surface area contributed by atoms with E-state index in [0.717, 1.165) is 11.1 Å². The Hall–Kier alpha value is -4.26. The van der Waals surface area contributed by atoms with E-state index in [2.05, 4.69) is 5.32 Å². The number of amides is 1. The Morgan fingerprint density at radius 1 is 0.758 bits per heavy atom. The van der Waals surface area contributed by atoms with Crippen LogP contribution in [0.3, 0.4) is 0 Å². The molecule has 4 unspecified atom stereocenters. The Balaban J connectivity index is 1.79. The summed E-state index contributed by atoms with van der Waals surface area (Å²) in [6, 6.07) is 24.2. The zero-order chi connectivity index (χ0) is 23.4. The van der Waals surface area contributed by atoms with Crippen molar-refractivity contribution in [3.63, 3.8) is 0 Å². The Kier molecular flexibility index (Phi) is 6.31. The third-order valence-corrected chi connectivity index (χ3v) is 6.00. The van der Waals surface area contributed by atoms with Crippen molar-refractivity contribution >= 4 is 23.3 Å². The lowest BCUT2D eigenvalue weighted by molar-refractivity contribution is -0.383. The lowest BCUT2D eigenvalue weighted by Crippen LogP contribution is -2.42. The molecule has 3 aromatic carbocycles. The van der Waals surface area contributed by atoms with Crippen LogP contribution in [0.5, 0.6) is 0 Å². The van der Waals surface area contributed by atoms with Crippen LogP contribution < -0.4 is 5.32 Å². The van der Waals surface area contributed by atoms with E-state index in [1.165, 1.54) is 18.2 Å². The number of hydrogen-bond acceptors (Lipinski definition) is 4. The van der Waals surface area contributed by atoms with Gasteiger partial charge >= 0.3 is 5.97 Å². The number of nitrogens with one attached hydrogen (secondary N) is 1. The minimum absolute atomic E-state index is 0.0364. The van der Waals surface area contributed by atoms with Gasteiger partial charge in [0.2, 0.25) is 5.91 Å². The summed E-state index contributed by atoms with van der Waals surface area (Å²) in [5.41, 5.74) is 1.37. The van der Waals surface area contributed by atoms with Crippen molar-refractivity contribution in [2.45, 2.75) is 11.8 Å². The Morgan fingerprint density at radius 2 is 1.24 bits per heavy atom. The maximum absolute atomic E-state index is 13.6. The number of nitrogens with zero attached hydrogens (tertiary/aromatic N) is 1. The lowest BCUT2D eigenvalue weighted by atomic mass is 9.66. The van der Waals surface area contributed by atoms with Crippen LogP contribution in [0.2, 0.25) is 0 Å². The van der Waals surface area contributed by atoms with E-state index >= 15 is 0 Å². The first-order valence-electron chi connectivity index (χ1n) is 10.5. The first-order chi connectivity index (χ1) is 16.0. The Morgan fingerprint density at radius 3 is 1.76 bits per heavy atom. The van der Waals surface area contributed by atoms with Crippen molar-refractivity contribution in [3.8, 4) is 0 Å². The molecule has 2 N–H and O–H groups in total. The summed E-state index contributed by atoms with van der Waals surface area (Å²) in [6.07, 6.45) is 3.72. The minimum atomic E-state index is -1.10. The first kappa shape index (κ1) is 22.0. The van der Waals surface area contributed by atoms with E-state index in [-0.39, 0.29) is 11.4 Å². The van der Waals surface area contributed by atoms with Gasteiger partial charge in [0.05, 0.1) is 16.8 Å². The zero-order valence-corrected chi connectivity index (χ0v) is 17.6. The Labute approximate surface area is 190 Å². The molecule has 0 aliphatic heterocycles. The normalized spacial score (nSPS) is 21.8. The highest BCUT2D eigenvalue weighted by Crippen LogP contribution is 2.45. The molecular weight excluding hydrogens is 420 g/mol. The average molecular weight is 442 g/mol. The molecular formula is C26H22N2O5. The summed E-state index contributed by atoms with van der Waals surface area (Å²) in [5.74, 6) is -4.75. The van der Waals surface area contributed by atoms with Gasteiger partial charge in [0, 0.05) is 17.9 Å². The molecule has 4 atom stereocenters. The molecule has 1 aliphatic rings. The molecule has 0 radical (unpaired) electrons. The number of anilines is 1. The summed E-state index contributed by atoms with van der Waals surface area (Å²) in [5, 5.41) is 24.3. The standard InChI is InChI=1S/C26H22N2O5/c29-25(27-21-13-7-8-14-22(21)28(32)33)23-19(17-9-3-1-4-10-17)15-16-20(24(23)26(30)31)18-11-5-2-6-12-18/h1-16,19-20,23-24H,(H,27,29)(H,30,31). The minimum Gasteiger partial charge on any atom is -0.481 e. The number of carboxylic acid groups (broad SMARTS) is 1. The maximum atomic E-state index is 13.6. The molecule has 4 rings (SSSR count). The van der Waals surface area contributed by atoms with Gasteiger partial charge in [-0.05, 0) is 17.2 Å². The van der Waals surface area contributed by atoms with Crippen LogP contribution in [-0.4, -0.2) is 21.9 Å². The third kappa shape index (κ3) is 4.52. The molecule has 0 saturated heterocycles. The molecule has 7 heteroatoms. The van der Waals surface area contributed by atoms with Crippen LogP contribution in [0, 0.1) is 22.0 Å². The van der Waals surface area contributed by atoms with Crippen molar-refractivity contribution in [1.29, 1.82) is 0 Å². The largest absolute Gasteiger partial charge is 0.481 e. The number of nitro benzene ring substituents is 1. The van der Waals surface area contributed by atoms with Crippen LogP contribution in [-0.2, 0) is 9.59 Å². The number of benzene rings is 3. The van der Waals surface area contributed by atoms with Crippen molar-refractivity contribution < 1.29 is 19.6 Å². The SMILES string of the molecule is O=C(O)C1C(c2ccccc2)C=CC(c2ccccc2)C1C(=O)Nc1ccccc1[N+](=O)[O-]. The van der Waals surface area contributed by atoms with Crippen molar-refractivity contribution in [2.24, 2.45) is 11.8 Å². The Bertz CT molecular complexity index is 1190. The summed E-state index contributed by atoms with van der Waals surface area (Å²) in [7, 11) is 0. The maximum Gasteiger partial charge on any atom is 0.308 e. The molecule has 0 aromatic heterocycles. The summed E-state index contributed by atoms with van der Waals surface area (Å²) in [6.45, 7) is 0. The van der Waals surface area contributed by atoms with Gasteiger partial charge in [0.1, 0.15) is 5.69 Å². The number of aliphatic carboxylic acids is 1. The summed E-state index contributed by atoms with van der Waals surface area (Å²) < 4.78 is 0. The second-order valence-corrected chi connectivity index (χ2v) is 7.91. The predicted molar refractivity (Wildman–Crippen MR) is 124 cm³/mol. The molecule has 7 nitrogen and oxygen atoms in total. The van der Waals surface area contributed by atoms with E-state index in [1.807, 2.05) is 72.8 Å². The molecule has 0 heterocycles. The van der Waals surface area contributed by atoms with Gasteiger partial charge in [-0.1, -0.05) is 84.9 Å². The van der Waals surface area contributed by atoms with E-state index in [4.69, 9.17) is 0 Å². The highest BCUT2D eigenvalue weighted by molar-refractivity contribution is 5.98. The number of nitro groups is 1. The molecule has 0 fully saturated rings. The van der Waals surface area contributed by atoms with Crippen LogP contribution in [0.15, 0.2) is 97.1 Å². The van der Waals surface area contributed by atoms with Gasteiger partial charge in [-0.2, -0.15) is 0 Å². The van der Waals surface area contributed by atoms with E-state index in [1.54, 1.807) is 6.07 Å². The second kappa shape index (κ2) is 9.48. The second-order valence-electron chi connectivity index (χ2n) is 7.91. The van der Waals surface area contributed by atoms with Gasteiger partial charge in [0.15, 0.2) is 0 Å². The number of carbonyl (C=O) groups excluding carboxylic acids is 1. The van der Waals surface area contributed by atoms with Crippen LogP contribution in [0.1, 0.15) is 23.0 Å². The molecule has 3 aromatic rings. The van der Waals surface area contributed by atoms with Gasteiger partial charge in [-0.25, -0.2) is 0 Å². The van der Waals surface area contributed by atoms with Crippen molar-refractivity contribution in [1.82, 2.24) is 0 Å². The summed E-state index contributed by atoms with van der Waals surface area (Å²) in [4.78, 5) is 37.0.